The zero-order valence-electron chi connectivity index (χ0n) is 11.4. The van der Waals surface area contributed by atoms with Crippen LogP contribution in [0.5, 0.6) is 11.5 Å². The Morgan fingerprint density at radius 2 is 1.89 bits per heavy atom. The van der Waals surface area contributed by atoms with Gasteiger partial charge in [-0.25, -0.2) is 0 Å². The fourth-order valence-corrected chi connectivity index (χ4v) is 2.46. The highest BCUT2D eigenvalue weighted by atomic mass is 16.6. The first kappa shape index (κ1) is 13.8. The van der Waals surface area contributed by atoms with E-state index in [9.17, 15) is 5.11 Å². The van der Waals surface area contributed by atoms with Crippen molar-refractivity contribution >= 4 is 11.4 Å². The summed E-state index contributed by atoms with van der Waals surface area (Å²) in [6, 6.07) is 3.09. The highest BCUT2D eigenvalue weighted by molar-refractivity contribution is 5.76. The maximum absolute atomic E-state index is 9.40. The van der Waals surface area contributed by atoms with Crippen LogP contribution < -0.4 is 21.8 Å². The minimum atomic E-state index is -0.0221. The van der Waals surface area contributed by atoms with Gasteiger partial charge in [-0.05, 0) is 36.8 Å². The molecule has 0 aromatic heterocycles. The quantitative estimate of drug-likeness (QED) is 0.380. The normalized spacial score (nSPS) is 23.2. The van der Waals surface area contributed by atoms with Crippen molar-refractivity contribution in [2.75, 3.05) is 18.0 Å². The second-order valence-electron chi connectivity index (χ2n) is 5.49. The van der Waals surface area contributed by atoms with Gasteiger partial charge in [0.05, 0.1) is 0 Å². The minimum Gasteiger partial charge on any atom is -0.506 e. The topological polar surface area (TPSA) is 93.5 Å². The molecule has 5 nitrogen and oxygen atoms in total. The number of nitrogens with one attached hydrogen (secondary N) is 1. The van der Waals surface area contributed by atoms with Crippen molar-refractivity contribution in [3.63, 3.8) is 0 Å². The van der Waals surface area contributed by atoms with Crippen LogP contribution >= 0.6 is 0 Å². The largest absolute Gasteiger partial charge is 0.506 e. The zero-order chi connectivity index (χ0) is 13.8. The van der Waals surface area contributed by atoms with Crippen LogP contribution in [-0.2, 0) is 0 Å². The smallest absolute Gasteiger partial charge is 0.172 e. The molecule has 1 aliphatic rings. The van der Waals surface area contributed by atoms with E-state index in [-0.39, 0.29) is 17.1 Å². The molecule has 0 bridgehead atoms. The molecule has 6 N–H and O–H groups in total. The number of hydroxylamine groups is 1. The summed E-state index contributed by atoms with van der Waals surface area (Å²) in [5.41, 5.74) is 14.8. The Kier molecular flexibility index (Phi) is 4.37. The molecule has 0 aliphatic heterocycles. The van der Waals surface area contributed by atoms with Crippen LogP contribution in [0.4, 0.5) is 11.4 Å². The van der Waals surface area contributed by atoms with Gasteiger partial charge in [0.15, 0.2) is 5.75 Å². The Labute approximate surface area is 113 Å². The lowest BCUT2D eigenvalue weighted by Gasteiger charge is -2.26. The predicted octanol–water partition coefficient (Wildman–Crippen LogP) is 2.27. The average Bonchev–Trinajstić information content (AvgIpc) is 2.41. The van der Waals surface area contributed by atoms with Crippen LogP contribution in [0.3, 0.4) is 0 Å². The van der Waals surface area contributed by atoms with E-state index in [1.54, 1.807) is 6.07 Å². The standard InChI is InChI=1S/C14H23N3O2/c1-9-2-4-10(5-3-9)8-17-19-12-7-6-11(18)13(15)14(12)16/h6-7,9-10,17-18H,2-5,8,15-16H2,1H3. The Morgan fingerprint density at radius 3 is 2.58 bits per heavy atom. The first-order chi connectivity index (χ1) is 9.08. The summed E-state index contributed by atoms with van der Waals surface area (Å²) >= 11 is 0. The van der Waals surface area contributed by atoms with Gasteiger partial charge in [0.2, 0.25) is 0 Å². The number of nitrogen functional groups attached to an aromatic ring is 2. The molecular formula is C14H23N3O2. The number of rotatable bonds is 4. The molecule has 106 valence electrons. The number of phenolic OH excluding ortho intramolecular Hbond substituents is 1. The Bertz CT molecular complexity index is 429. The fraction of sp³-hybridized carbons (Fsp3) is 0.571. The summed E-state index contributed by atoms with van der Waals surface area (Å²) in [5, 5.41) is 9.40. The second kappa shape index (κ2) is 6.02. The van der Waals surface area contributed by atoms with Crippen molar-refractivity contribution in [2.45, 2.75) is 32.6 Å². The molecule has 0 spiro atoms. The van der Waals surface area contributed by atoms with E-state index >= 15 is 0 Å². The molecule has 1 aliphatic carbocycles. The highest BCUT2D eigenvalue weighted by Gasteiger charge is 2.18. The van der Waals surface area contributed by atoms with Crippen LogP contribution in [0.15, 0.2) is 12.1 Å². The minimum absolute atomic E-state index is 0.0221. The summed E-state index contributed by atoms with van der Waals surface area (Å²) < 4.78 is 0. The number of aromatic hydroxyl groups is 1. The molecule has 2 rings (SSSR count). The van der Waals surface area contributed by atoms with Gasteiger partial charge in [-0.3, -0.25) is 0 Å². The van der Waals surface area contributed by atoms with Crippen LogP contribution in [0.1, 0.15) is 32.6 Å². The maximum Gasteiger partial charge on any atom is 0.172 e. The van der Waals surface area contributed by atoms with Gasteiger partial charge in [0.1, 0.15) is 17.1 Å². The molecule has 0 saturated heterocycles. The van der Waals surface area contributed by atoms with E-state index in [0.29, 0.717) is 11.7 Å². The molecule has 5 heteroatoms. The summed E-state index contributed by atoms with van der Waals surface area (Å²) in [4.78, 5) is 5.44. The van der Waals surface area contributed by atoms with E-state index in [4.69, 9.17) is 16.3 Å². The van der Waals surface area contributed by atoms with Crippen molar-refractivity contribution in [1.29, 1.82) is 0 Å². The number of hydrogen-bond donors (Lipinski definition) is 4. The Hall–Kier alpha value is -1.62. The monoisotopic (exact) mass is 265 g/mol. The van der Waals surface area contributed by atoms with Gasteiger partial charge >= 0.3 is 0 Å². The number of phenols is 1. The van der Waals surface area contributed by atoms with E-state index in [0.717, 1.165) is 12.5 Å². The van der Waals surface area contributed by atoms with Crippen LogP contribution in [-0.4, -0.2) is 11.7 Å². The van der Waals surface area contributed by atoms with Crippen molar-refractivity contribution in [2.24, 2.45) is 11.8 Å². The first-order valence-corrected chi connectivity index (χ1v) is 6.84. The molecule has 1 fully saturated rings. The number of hydrogen-bond acceptors (Lipinski definition) is 5. The fourth-order valence-electron chi connectivity index (χ4n) is 2.46. The lowest BCUT2D eigenvalue weighted by Crippen LogP contribution is -2.28. The SMILES string of the molecule is CC1CCC(CNOc2ccc(O)c(N)c2N)CC1. The van der Waals surface area contributed by atoms with Gasteiger partial charge < -0.3 is 21.4 Å². The van der Waals surface area contributed by atoms with Crippen molar-refractivity contribution in [3.8, 4) is 11.5 Å². The average molecular weight is 265 g/mol. The molecule has 19 heavy (non-hydrogen) atoms. The molecule has 0 atom stereocenters. The molecule has 0 amide bonds. The van der Waals surface area contributed by atoms with Crippen LogP contribution in [0.2, 0.25) is 0 Å². The molecule has 0 radical (unpaired) electrons. The van der Waals surface area contributed by atoms with Gasteiger partial charge in [-0.1, -0.05) is 19.8 Å². The van der Waals surface area contributed by atoms with E-state index in [1.165, 1.54) is 31.7 Å². The Morgan fingerprint density at radius 1 is 1.21 bits per heavy atom. The maximum atomic E-state index is 9.40. The molecule has 1 saturated carbocycles. The Balaban J connectivity index is 1.81. The number of benzene rings is 1. The lowest BCUT2D eigenvalue weighted by molar-refractivity contribution is 0.157. The third-order valence-corrected chi connectivity index (χ3v) is 3.91. The van der Waals surface area contributed by atoms with Gasteiger partial charge in [-0.2, -0.15) is 5.48 Å². The van der Waals surface area contributed by atoms with Crippen LogP contribution in [0, 0.1) is 11.8 Å². The van der Waals surface area contributed by atoms with Gasteiger partial charge in [-0.15, -0.1) is 0 Å². The summed E-state index contributed by atoms with van der Waals surface area (Å²) in [6.07, 6.45) is 5.07. The van der Waals surface area contributed by atoms with Crippen molar-refractivity contribution < 1.29 is 9.94 Å². The molecule has 1 aromatic rings. The van der Waals surface area contributed by atoms with Crippen molar-refractivity contribution in [1.82, 2.24) is 5.48 Å². The van der Waals surface area contributed by atoms with E-state index in [1.807, 2.05) is 0 Å². The van der Waals surface area contributed by atoms with Crippen molar-refractivity contribution in [3.05, 3.63) is 12.1 Å². The van der Waals surface area contributed by atoms with Crippen LogP contribution in [0.25, 0.3) is 0 Å². The van der Waals surface area contributed by atoms with Gasteiger partial charge in [0, 0.05) is 6.54 Å². The first-order valence-electron chi connectivity index (χ1n) is 6.84. The molecule has 0 unspecified atom stereocenters. The zero-order valence-corrected chi connectivity index (χ0v) is 11.4. The highest BCUT2D eigenvalue weighted by Crippen LogP contribution is 2.34. The number of anilines is 2. The second-order valence-corrected chi connectivity index (χ2v) is 5.49. The lowest BCUT2D eigenvalue weighted by atomic mass is 9.83. The summed E-state index contributed by atoms with van der Waals surface area (Å²) in [6.45, 7) is 3.12. The van der Waals surface area contributed by atoms with E-state index in [2.05, 4.69) is 12.4 Å². The molecular weight excluding hydrogens is 242 g/mol. The number of nitrogens with two attached hydrogens (primary N) is 2. The molecule has 1 aromatic carbocycles. The third kappa shape index (κ3) is 3.44. The third-order valence-electron chi connectivity index (χ3n) is 3.91. The molecule has 0 heterocycles. The summed E-state index contributed by atoms with van der Waals surface area (Å²) in [5.74, 6) is 1.95. The predicted molar refractivity (Wildman–Crippen MR) is 76.7 cm³/mol. The van der Waals surface area contributed by atoms with E-state index < -0.39 is 0 Å². The summed E-state index contributed by atoms with van der Waals surface area (Å²) in [7, 11) is 0. The van der Waals surface area contributed by atoms with Gasteiger partial charge in [0.25, 0.3) is 0 Å².